The third-order valence-corrected chi connectivity index (χ3v) is 9.01. The van der Waals surface area contributed by atoms with E-state index in [2.05, 4.69) is 9.64 Å². The van der Waals surface area contributed by atoms with Crippen LogP contribution in [-0.4, -0.2) is 110 Å². The number of carbonyl (C=O) groups excluding carboxylic acids is 3. The zero-order chi connectivity index (χ0) is 32.1. The first-order valence-corrected chi connectivity index (χ1v) is 14.0. The number of likely N-dealkylation sites (tertiary alicyclic amines) is 1. The largest absolute Gasteiger partial charge is 0.481 e. The topological polar surface area (TPSA) is 227 Å². The fourth-order valence-electron chi connectivity index (χ4n) is 6.92. The Morgan fingerprint density at radius 2 is 1.84 bits per heavy atom. The van der Waals surface area contributed by atoms with Crippen LogP contribution >= 0.6 is 0 Å². The van der Waals surface area contributed by atoms with Gasteiger partial charge in [-0.2, -0.15) is 0 Å². The molecule has 5 N–H and O–H groups in total. The number of aliphatic carboxylic acids is 2. The minimum Gasteiger partial charge on any atom is -0.481 e. The Morgan fingerprint density at radius 3 is 2.50 bits per heavy atom. The molecule has 1 aromatic carbocycles. The van der Waals surface area contributed by atoms with Crippen LogP contribution in [-0.2, 0) is 56.6 Å². The molecule has 0 unspecified atom stereocenters. The highest BCUT2D eigenvalue weighted by Gasteiger charge is 2.71. The first-order chi connectivity index (χ1) is 20.7. The Bertz CT molecular complexity index is 1440. The summed E-state index contributed by atoms with van der Waals surface area (Å²) in [6.07, 6.45) is -5.94. The van der Waals surface area contributed by atoms with Gasteiger partial charge in [-0.3, -0.25) is 9.59 Å². The van der Waals surface area contributed by atoms with Gasteiger partial charge >= 0.3 is 29.8 Å². The molecule has 1 fully saturated rings. The number of hydrogen-bond donors (Lipinski definition) is 5. The average molecular weight is 620 g/mol. The molecule has 7 atom stereocenters. The molecule has 44 heavy (non-hydrogen) atoms. The van der Waals surface area contributed by atoms with Gasteiger partial charge in [-0.25, -0.2) is 14.4 Å². The van der Waals surface area contributed by atoms with Gasteiger partial charge in [0, 0.05) is 23.6 Å². The van der Waals surface area contributed by atoms with Crippen LogP contribution in [0.4, 0.5) is 0 Å². The molecular formula is C29H33NO14. The minimum atomic E-state index is -2.08. The summed E-state index contributed by atoms with van der Waals surface area (Å²) < 4.78 is 21.3. The Hall–Kier alpha value is -4.05. The molecular weight excluding hydrogens is 586 g/mol. The Balaban J connectivity index is 1.27. The zero-order valence-electron chi connectivity index (χ0n) is 23.9. The number of ether oxygens (including phenoxy) is 4. The van der Waals surface area contributed by atoms with Crippen molar-refractivity contribution in [1.82, 2.24) is 4.90 Å². The molecule has 238 valence electrons. The van der Waals surface area contributed by atoms with E-state index in [1.807, 2.05) is 13.1 Å². The molecule has 0 aromatic heterocycles. The zero-order valence-corrected chi connectivity index (χ0v) is 23.9. The number of aliphatic hydroxyl groups excluding tert-OH is 2. The standard InChI is InChI=1S/C29H33NO14/c1-13(26(38)43-18(25(36)37)11-20(33)34)41-27(39)16(32)10-21(35)42-17-5-6-29(40)19-9-14-3-4-15(12-31)23-22(14)28(29,24(17)44-23)7-8-30(19)2/h3-5,13,16,18-19,24,31-32,40H,6-12H2,1-2H3,(H,33,34)(H,36,37)/t13-,16-,18+,19+,24-,28-,29+/m0/s1. The average Bonchev–Trinajstić information content (AvgIpc) is 3.31. The van der Waals surface area contributed by atoms with E-state index in [0.717, 1.165) is 18.1 Å². The van der Waals surface area contributed by atoms with E-state index in [0.29, 0.717) is 30.7 Å². The molecule has 2 bridgehead atoms. The lowest BCUT2D eigenvalue weighted by Gasteiger charge is -2.61. The van der Waals surface area contributed by atoms with Crippen molar-refractivity contribution in [1.29, 1.82) is 0 Å². The molecule has 15 heteroatoms. The summed E-state index contributed by atoms with van der Waals surface area (Å²) in [4.78, 5) is 61.4. The summed E-state index contributed by atoms with van der Waals surface area (Å²) in [5.41, 5.74) is 0.0639. The molecule has 5 rings (SSSR count). The summed E-state index contributed by atoms with van der Waals surface area (Å²) in [5.74, 6) is -6.54. The van der Waals surface area contributed by atoms with Crippen molar-refractivity contribution >= 4 is 29.8 Å². The number of nitrogens with zero attached hydrogens (tertiary/aromatic N) is 1. The smallest absolute Gasteiger partial charge is 0.348 e. The monoisotopic (exact) mass is 619 g/mol. The summed E-state index contributed by atoms with van der Waals surface area (Å²) in [6, 6.07) is 3.44. The van der Waals surface area contributed by atoms with Gasteiger partial charge in [-0.15, -0.1) is 0 Å². The molecule has 2 heterocycles. The van der Waals surface area contributed by atoms with Crippen molar-refractivity contribution in [3.63, 3.8) is 0 Å². The molecule has 0 radical (unpaired) electrons. The summed E-state index contributed by atoms with van der Waals surface area (Å²) in [6.45, 7) is 1.34. The van der Waals surface area contributed by atoms with Crippen molar-refractivity contribution in [2.75, 3.05) is 13.6 Å². The van der Waals surface area contributed by atoms with Crippen LogP contribution in [0.25, 0.3) is 0 Å². The SMILES string of the molecule is C[C@H](OC(=O)[C@@H](O)CC(=O)OC1=CC[C@@]2(O)[C@H]3Cc4ccc(CO)c5c4[C@@]2(CCN3C)[C@H]1O5)C(=O)O[C@H](CC(=O)O)C(=O)O. The van der Waals surface area contributed by atoms with Crippen molar-refractivity contribution in [2.24, 2.45) is 0 Å². The molecule has 15 nitrogen and oxygen atoms in total. The van der Waals surface area contributed by atoms with Gasteiger partial charge in [-0.05, 0) is 45.0 Å². The van der Waals surface area contributed by atoms with Gasteiger partial charge in [0.25, 0.3) is 0 Å². The lowest BCUT2D eigenvalue weighted by molar-refractivity contribution is -0.181. The number of rotatable bonds is 11. The van der Waals surface area contributed by atoms with E-state index < -0.39 is 78.1 Å². The van der Waals surface area contributed by atoms with E-state index in [9.17, 15) is 39.3 Å². The third-order valence-electron chi connectivity index (χ3n) is 9.01. The van der Waals surface area contributed by atoms with Crippen LogP contribution < -0.4 is 4.74 Å². The number of carbonyl (C=O) groups is 5. The molecule has 1 spiro atoms. The molecule has 2 aliphatic carbocycles. The predicted octanol–water partition coefficient (Wildman–Crippen LogP) is -0.846. The number of piperidine rings is 1. The maximum atomic E-state index is 12.9. The van der Waals surface area contributed by atoms with Crippen molar-refractivity contribution in [2.45, 2.75) is 87.1 Å². The number of carboxylic acids is 2. The van der Waals surface area contributed by atoms with Gasteiger partial charge < -0.3 is 49.4 Å². The highest BCUT2D eigenvalue weighted by Crippen LogP contribution is 2.64. The molecule has 0 saturated carbocycles. The van der Waals surface area contributed by atoms with E-state index in [-0.39, 0.29) is 24.8 Å². The number of carboxylic acid groups (broad SMARTS) is 2. The first kappa shape index (κ1) is 31.4. The van der Waals surface area contributed by atoms with Crippen LogP contribution in [0.1, 0.15) is 49.3 Å². The van der Waals surface area contributed by atoms with E-state index in [1.165, 1.54) is 0 Å². The van der Waals surface area contributed by atoms with Crippen LogP contribution in [0.15, 0.2) is 24.0 Å². The number of esters is 3. The van der Waals surface area contributed by atoms with Crippen molar-refractivity contribution in [3.05, 3.63) is 40.7 Å². The van der Waals surface area contributed by atoms with E-state index in [1.54, 1.807) is 12.1 Å². The number of benzene rings is 1. The Kier molecular flexibility index (Phi) is 8.18. The fraction of sp³-hybridized carbons (Fsp3) is 0.552. The normalized spacial score (nSPS) is 28.3. The molecule has 2 aliphatic heterocycles. The molecule has 1 aromatic rings. The molecule has 1 saturated heterocycles. The second kappa shape index (κ2) is 11.5. The fourth-order valence-corrected chi connectivity index (χ4v) is 6.92. The van der Waals surface area contributed by atoms with Crippen molar-refractivity contribution < 1.29 is 68.5 Å². The van der Waals surface area contributed by atoms with Gasteiger partial charge in [0.2, 0.25) is 6.10 Å². The second-order valence-electron chi connectivity index (χ2n) is 11.5. The van der Waals surface area contributed by atoms with Crippen LogP contribution in [0.2, 0.25) is 0 Å². The van der Waals surface area contributed by atoms with Crippen LogP contribution in [0.3, 0.4) is 0 Å². The van der Waals surface area contributed by atoms with Crippen LogP contribution in [0.5, 0.6) is 5.75 Å². The van der Waals surface area contributed by atoms with Gasteiger partial charge in [-0.1, -0.05) is 12.1 Å². The molecule has 0 amide bonds. The van der Waals surface area contributed by atoms with Gasteiger partial charge in [0.15, 0.2) is 18.3 Å². The third kappa shape index (κ3) is 4.99. The lowest BCUT2D eigenvalue weighted by atomic mass is 9.50. The maximum Gasteiger partial charge on any atom is 0.348 e. The number of aliphatic hydroxyl groups is 3. The summed E-state index contributed by atoms with van der Waals surface area (Å²) >= 11 is 0. The van der Waals surface area contributed by atoms with Crippen LogP contribution in [0, 0.1) is 0 Å². The number of likely N-dealkylation sites (N-methyl/N-ethyl adjacent to an activating group) is 1. The lowest BCUT2D eigenvalue weighted by Crippen LogP contribution is -2.74. The summed E-state index contributed by atoms with van der Waals surface area (Å²) in [5, 5.41) is 50.3. The van der Waals surface area contributed by atoms with Crippen molar-refractivity contribution in [3.8, 4) is 5.75 Å². The quantitative estimate of drug-likeness (QED) is 0.150. The predicted molar refractivity (Wildman–Crippen MR) is 143 cm³/mol. The Morgan fingerprint density at radius 1 is 1.11 bits per heavy atom. The minimum absolute atomic E-state index is 0.0894. The Labute approximate surface area is 250 Å². The first-order valence-electron chi connectivity index (χ1n) is 14.0. The molecule has 4 aliphatic rings. The highest BCUT2D eigenvalue weighted by molar-refractivity contribution is 5.87. The van der Waals surface area contributed by atoms with E-state index in [4.69, 9.17) is 24.4 Å². The second-order valence-corrected chi connectivity index (χ2v) is 11.5. The number of hydrogen-bond acceptors (Lipinski definition) is 13. The highest BCUT2D eigenvalue weighted by atomic mass is 16.6. The summed E-state index contributed by atoms with van der Waals surface area (Å²) in [7, 11) is 1.94. The van der Waals surface area contributed by atoms with E-state index >= 15 is 0 Å². The van der Waals surface area contributed by atoms with Gasteiger partial charge in [0.1, 0.15) is 11.5 Å². The van der Waals surface area contributed by atoms with Gasteiger partial charge in [0.05, 0.1) is 30.5 Å². The maximum absolute atomic E-state index is 12.9.